The second-order valence-electron chi connectivity index (χ2n) is 14.4. The summed E-state index contributed by atoms with van der Waals surface area (Å²) >= 11 is 0. The van der Waals surface area contributed by atoms with Crippen LogP contribution < -0.4 is 26.0 Å². The number of imide groups is 1. The van der Waals surface area contributed by atoms with Crippen LogP contribution in [-0.2, 0) is 9.59 Å². The summed E-state index contributed by atoms with van der Waals surface area (Å²) < 4.78 is 33.8. The van der Waals surface area contributed by atoms with Crippen molar-refractivity contribution in [1.29, 1.82) is 0 Å². The van der Waals surface area contributed by atoms with E-state index in [0.717, 1.165) is 11.3 Å². The number of nitrogens with zero attached hydrogens (tertiary/aromatic N) is 4. The van der Waals surface area contributed by atoms with Crippen molar-refractivity contribution in [3.05, 3.63) is 95.8 Å². The van der Waals surface area contributed by atoms with Crippen LogP contribution in [0.1, 0.15) is 74.0 Å². The van der Waals surface area contributed by atoms with Gasteiger partial charge in [-0.05, 0) is 91.9 Å². The molecule has 2 saturated heterocycles. The highest BCUT2D eigenvalue weighted by molar-refractivity contribution is 6.01. The Morgan fingerprint density at radius 2 is 1.74 bits per heavy atom. The van der Waals surface area contributed by atoms with E-state index in [2.05, 4.69) is 25.5 Å². The fourth-order valence-electron chi connectivity index (χ4n) is 6.92. The molecule has 0 aliphatic carbocycles. The number of halogens is 2. The second kappa shape index (κ2) is 16.1. The SMILES string of the molecule is CC(C)C[C@](C)(N)COc1ccc(-c2ccnc(Nc3ccc(C(=O)N4CCN(c5ccc(C6CCC(=O)NC6=O)cc5)CC4)cc3)c2)nc1C(F)F. The number of benzene rings is 2. The van der Waals surface area contributed by atoms with Crippen molar-refractivity contribution in [3.8, 4) is 17.0 Å². The van der Waals surface area contributed by atoms with Gasteiger partial charge in [-0.1, -0.05) is 26.0 Å². The molecule has 2 aliphatic heterocycles. The third-order valence-corrected chi connectivity index (χ3v) is 9.45. The van der Waals surface area contributed by atoms with Crippen LogP contribution in [-0.4, -0.2) is 70.9 Å². The highest BCUT2D eigenvalue weighted by Gasteiger charge is 2.29. The minimum absolute atomic E-state index is 0.00595. The zero-order valence-electron chi connectivity index (χ0n) is 30.1. The summed E-state index contributed by atoms with van der Waals surface area (Å²) in [7, 11) is 0. The van der Waals surface area contributed by atoms with Crippen LogP contribution in [0.3, 0.4) is 0 Å². The number of hydrogen-bond donors (Lipinski definition) is 3. The number of rotatable bonds is 12. The molecule has 3 amide bonds. The third kappa shape index (κ3) is 9.33. The summed E-state index contributed by atoms with van der Waals surface area (Å²) in [6.07, 6.45) is 0.264. The number of hydrogen-bond acceptors (Lipinski definition) is 9. The molecule has 0 spiro atoms. The molecule has 278 valence electrons. The monoisotopic (exact) mass is 725 g/mol. The summed E-state index contributed by atoms with van der Waals surface area (Å²) in [5.74, 6) is -0.0406. The molecule has 0 bridgehead atoms. The Bertz CT molecular complexity index is 1930. The zero-order chi connectivity index (χ0) is 37.7. The second-order valence-corrected chi connectivity index (χ2v) is 14.4. The minimum Gasteiger partial charge on any atom is -0.490 e. The van der Waals surface area contributed by atoms with Gasteiger partial charge in [0.2, 0.25) is 11.8 Å². The van der Waals surface area contributed by atoms with Crippen molar-refractivity contribution < 1.29 is 27.9 Å². The predicted molar refractivity (Wildman–Crippen MR) is 199 cm³/mol. The Morgan fingerprint density at radius 3 is 2.40 bits per heavy atom. The number of piperidine rings is 1. The first-order valence-corrected chi connectivity index (χ1v) is 17.9. The number of anilines is 3. The maximum Gasteiger partial charge on any atom is 0.284 e. The van der Waals surface area contributed by atoms with Crippen LogP contribution in [0, 0.1) is 5.92 Å². The molecular weight excluding hydrogens is 680 g/mol. The maximum atomic E-state index is 14.1. The van der Waals surface area contributed by atoms with E-state index < -0.39 is 17.7 Å². The lowest BCUT2D eigenvalue weighted by Crippen LogP contribution is -2.48. The predicted octanol–water partition coefficient (Wildman–Crippen LogP) is 6.45. The van der Waals surface area contributed by atoms with Crippen LogP contribution in [0.5, 0.6) is 5.75 Å². The Kier molecular flexibility index (Phi) is 11.3. The number of nitrogens with two attached hydrogens (primary N) is 1. The fraction of sp³-hybridized carbons (Fsp3) is 0.375. The van der Waals surface area contributed by atoms with Gasteiger partial charge in [-0.3, -0.25) is 19.7 Å². The van der Waals surface area contributed by atoms with Gasteiger partial charge in [0.05, 0.1) is 11.6 Å². The first-order valence-electron chi connectivity index (χ1n) is 17.9. The summed E-state index contributed by atoms with van der Waals surface area (Å²) in [4.78, 5) is 49.8. The van der Waals surface area contributed by atoms with Gasteiger partial charge in [0.25, 0.3) is 12.3 Å². The maximum absolute atomic E-state index is 14.1. The summed E-state index contributed by atoms with van der Waals surface area (Å²) in [5.41, 5.74) is 9.31. The highest BCUT2D eigenvalue weighted by Crippen LogP contribution is 2.32. The fourth-order valence-corrected chi connectivity index (χ4v) is 6.92. The van der Waals surface area contributed by atoms with Crippen LogP contribution in [0.25, 0.3) is 11.3 Å². The van der Waals surface area contributed by atoms with E-state index in [1.54, 1.807) is 48.7 Å². The van der Waals surface area contributed by atoms with Gasteiger partial charge >= 0.3 is 0 Å². The summed E-state index contributed by atoms with van der Waals surface area (Å²) in [6, 6.07) is 21.5. The quantitative estimate of drug-likeness (QED) is 0.141. The molecule has 0 radical (unpaired) electrons. The number of aromatic nitrogens is 2. The van der Waals surface area contributed by atoms with Gasteiger partial charge in [-0.25, -0.2) is 18.7 Å². The molecular formula is C40H45F2N7O4. The number of pyridine rings is 2. The average Bonchev–Trinajstić information content (AvgIpc) is 3.14. The largest absolute Gasteiger partial charge is 0.490 e. The van der Waals surface area contributed by atoms with E-state index in [1.807, 2.05) is 49.9 Å². The van der Waals surface area contributed by atoms with E-state index in [0.29, 0.717) is 79.7 Å². The molecule has 4 heterocycles. The molecule has 1 unspecified atom stereocenters. The van der Waals surface area contributed by atoms with Gasteiger partial charge in [0, 0.05) is 66.8 Å². The van der Waals surface area contributed by atoms with Gasteiger partial charge in [0.15, 0.2) is 0 Å². The van der Waals surface area contributed by atoms with Gasteiger partial charge in [-0.15, -0.1) is 0 Å². The lowest BCUT2D eigenvalue weighted by Gasteiger charge is -2.36. The molecule has 2 fully saturated rings. The Labute approximate surface area is 307 Å². The molecule has 2 aromatic carbocycles. The van der Waals surface area contributed by atoms with Crippen LogP contribution in [0.2, 0.25) is 0 Å². The number of carbonyl (C=O) groups excluding carboxylic acids is 3. The third-order valence-electron chi connectivity index (χ3n) is 9.45. The molecule has 2 atom stereocenters. The molecule has 2 aromatic heterocycles. The number of alkyl halides is 2. The van der Waals surface area contributed by atoms with E-state index in [-0.39, 0.29) is 36.0 Å². The number of piperazine rings is 1. The topological polar surface area (TPSA) is 143 Å². The Balaban J connectivity index is 1.03. The highest BCUT2D eigenvalue weighted by atomic mass is 19.3. The standard InChI is InChI=1S/C40H45F2N7O4/c1-25(2)23-40(3,43)24-53-33-14-13-32(46-36(33)37(41)42)28-16-17-44-34(22-28)45-29-8-4-27(5-9-29)39(52)49-20-18-48(19-21-49)30-10-6-26(7-11-30)31-12-15-35(50)47-38(31)51/h4-11,13-14,16-17,22,25,31,37H,12,15,18-21,23-24,43H2,1-3H3,(H,44,45)(H,47,50,51)/t31?,40-/m0/s1. The summed E-state index contributed by atoms with van der Waals surface area (Å²) in [6.45, 7) is 8.46. The van der Waals surface area contributed by atoms with E-state index in [4.69, 9.17) is 10.5 Å². The Morgan fingerprint density at radius 1 is 1.02 bits per heavy atom. The van der Waals surface area contributed by atoms with Crippen molar-refractivity contribution >= 4 is 34.9 Å². The summed E-state index contributed by atoms with van der Waals surface area (Å²) in [5, 5.41) is 5.63. The molecule has 4 aromatic rings. The van der Waals surface area contributed by atoms with Crippen molar-refractivity contribution in [2.45, 2.75) is 57.9 Å². The van der Waals surface area contributed by atoms with E-state index in [9.17, 15) is 23.2 Å². The molecule has 13 heteroatoms. The molecule has 6 rings (SSSR count). The van der Waals surface area contributed by atoms with Gasteiger partial charge in [0.1, 0.15) is 23.9 Å². The van der Waals surface area contributed by atoms with Crippen LogP contribution in [0.4, 0.5) is 26.0 Å². The van der Waals surface area contributed by atoms with Crippen molar-refractivity contribution in [2.24, 2.45) is 11.7 Å². The lowest BCUT2D eigenvalue weighted by molar-refractivity contribution is -0.134. The molecule has 2 aliphatic rings. The van der Waals surface area contributed by atoms with E-state index in [1.165, 1.54) is 6.07 Å². The number of ether oxygens (including phenoxy) is 1. The lowest BCUT2D eigenvalue weighted by atomic mass is 9.90. The average molecular weight is 726 g/mol. The van der Waals surface area contributed by atoms with E-state index >= 15 is 0 Å². The van der Waals surface area contributed by atoms with Crippen molar-refractivity contribution in [2.75, 3.05) is 43.0 Å². The van der Waals surface area contributed by atoms with Crippen LogP contribution in [0.15, 0.2) is 79.0 Å². The van der Waals surface area contributed by atoms with Crippen LogP contribution >= 0.6 is 0 Å². The normalized spacial score (nSPS) is 17.5. The molecule has 11 nitrogen and oxygen atoms in total. The number of carbonyl (C=O) groups is 3. The number of nitrogens with one attached hydrogen (secondary N) is 2. The Hall–Kier alpha value is -5.43. The smallest absolute Gasteiger partial charge is 0.284 e. The first kappa shape index (κ1) is 37.3. The first-order chi connectivity index (χ1) is 25.3. The number of amides is 3. The van der Waals surface area contributed by atoms with Gasteiger partial charge < -0.3 is 25.6 Å². The molecule has 53 heavy (non-hydrogen) atoms. The molecule has 0 saturated carbocycles. The zero-order valence-corrected chi connectivity index (χ0v) is 30.1. The molecule has 4 N–H and O–H groups in total. The van der Waals surface area contributed by atoms with Gasteiger partial charge in [-0.2, -0.15) is 0 Å². The van der Waals surface area contributed by atoms with Crippen molar-refractivity contribution in [1.82, 2.24) is 20.2 Å². The minimum atomic E-state index is -2.84. The van der Waals surface area contributed by atoms with Crippen molar-refractivity contribution in [3.63, 3.8) is 0 Å².